The molecule has 3 heteroatoms. The average Bonchev–Trinajstić information content (AvgIpc) is 2.46. The number of benzene rings is 2. The average molecular weight is 257 g/mol. The first-order valence-electron chi connectivity index (χ1n) is 6.22. The highest BCUT2D eigenvalue weighted by Crippen LogP contribution is 2.39. The molecule has 0 aliphatic heterocycles. The summed E-state index contributed by atoms with van der Waals surface area (Å²) in [5.74, 6) is 1.50. The maximum Gasteiger partial charge on any atom is 0.168 e. The zero-order valence-corrected chi connectivity index (χ0v) is 11.6. The summed E-state index contributed by atoms with van der Waals surface area (Å²) in [4.78, 5) is 0. The van der Waals surface area contributed by atoms with Gasteiger partial charge >= 0.3 is 0 Å². The van der Waals surface area contributed by atoms with E-state index in [4.69, 9.17) is 15.2 Å². The van der Waals surface area contributed by atoms with Crippen molar-refractivity contribution in [2.45, 2.75) is 13.5 Å². The van der Waals surface area contributed by atoms with Gasteiger partial charge in [-0.25, -0.2) is 0 Å². The number of aryl methyl sites for hydroxylation is 1. The largest absolute Gasteiger partial charge is 0.493 e. The Bertz CT molecular complexity index is 579. The molecule has 100 valence electrons. The molecule has 0 spiro atoms. The number of hydrogen-bond donors (Lipinski definition) is 1. The number of ether oxygens (including phenoxy) is 2. The second-order valence-electron chi connectivity index (χ2n) is 4.39. The first kappa shape index (κ1) is 13.4. The normalized spacial score (nSPS) is 10.3. The second-order valence-corrected chi connectivity index (χ2v) is 4.39. The molecule has 0 unspecified atom stereocenters. The van der Waals surface area contributed by atoms with E-state index in [9.17, 15) is 0 Å². The van der Waals surface area contributed by atoms with E-state index in [2.05, 4.69) is 19.1 Å². The molecular weight excluding hydrogens is 238 g/mol. The van der Waals surface area contributed by atoms with Crippen molar-refractivity contribution in [2.24, 2.45) is 5.73 Å². The van der Waals surface area contributed by atoms with E-state index in [-0.39, 0.29) is 0 Å². The second kappa shape index (κ2) is 5.76. The van der Waals surface area contributed by atoms with Crippen molar-refractivity contribution < 1.29 is 9.47 Å². The molecule has 0 aromatic heterocycles. The maximum absolute atomic E-state index is 5.66. The van der Waals surface area contributed by atoms with Gasteiger partial charge in [-0.2, -0.15) is 0 Å². The molecule has 2 rings (SSSR count). The van der Waals surface area contributed by atoms with E-state index >= 15 is 0 Å². The summed E-state index contributed by atoms with van der Waals surface area (Å²) in [6.07, 6.45) is 0. The fourth-order valence-electron chi connectivity index (χ4n) is 2.25. The minimum Gasteiger partial charge on any atom is -0.493 e. The molecule has 19 heavy (non-hydrogen) atoms. The van der Waals surface area contributed by atoms with Crippen LogP contribution in [-0.4, -0.2) is 14.2 Å². The van der Waals surface area contributed by atoms with E-state index in [1.165, 1.54) is 5.56 Å². The van der Waals surface area contributed by atoms with Gasteiger partial charge in [0.25, 0.3) is 0 Å². The van der Waals surface area contributed by atoms with Crippen molar-refractivity contribution in [2.75, 3.05) is 14.2 Å². The molecule has 0 radical (unpaired) electrons. The van der Waals surface area contributed by atoms with Crippen LogP contribution in [0.3, 0.4) is 0 Å². The number of hydrogen-bond acceptors (Lipinski definition) is 3. The Morgan fingerprint density at radius 1 is 1.00 bits per heavy atom. The zero-order valence-electron chi connectivity index (χ0n) is 11.6. The lowest BCUT2D eigenvalue weighted by molar-refractivity contribution is 0.356. The molecule has 0 amide bonds. The molecule has 0 fully saturated rings. The molecule has 0 bridgehead atoms. The summed E-state index contributed by atoms with van der Waals surface area (Å²) in [5, 5.41) is 0. The van der Waals surface area contributed by atoms with Crippen molar-refractivity contribution in [1.82, 2.24) is 0 Å². The van der Waals surface area contributed by atoms with Crippen LogP contribution in [0.15, 0.2) is 36.4 Å². The van der Waals surface area contributed by atoms with Gasteiger partial charge in [0.05, 0.1) is 14.2 Å². The van der Waals surface area contributed by atoms with Gasteiger partial charge in [0.1, 0.15) is 0 Å². The predicted octanol–water partition coefficient (Wildman–Crippen LogP) is 3.14. The topological polar surface area (TPSA) is 44.5 Å². The summed E-state index contributed by atoms with van der Waals surface area (Å²) >= 11 is 0. The fraction of sp³-hybridized carbons (Fsp3) is 0.250. The van der Waals surface area contributed by atoms with Crippen LogP contribution in [0.5, 0.6) is 11.5 Å². The Morgan fingerprint density at radius 2 is 1.79 bits per heavy atom. The molecule has 0 saturated heterocycles. The summed E-state index contributed by atoms with van der Waals surface area (Å²) in [7, 11) is 3.30. The maximum atomic E-state index is 5.66. The quantitative estimate of drug-likeness (QED) is 0.915. The van der Waals surface area contributed by atoms with Gasteiger partial charge in [-0.1, -0.05) is 30.3 Å². The number of methoxy groups -OCH3 is 2. The third-order valence-electron chi connectivity index (χ3n) is 3.22. The Morgan fingerprint density at radius 3 is 2.37 bits per heavy atom. The molecule has 0 aliphatic carbocycles. The van der Waals surface area contributed by atoms with Crippen LogP contribution in [0.1, 0.15) is 11.1 Å². The fourth-order valence-corrected chi connectivity index (χ4v) is 2.25. The highest BCUT2D eigenvalue weighted by atomic mass is 16.5. The van der Waals surface area contributed by atoms with Gasteiger partial charge in [-0.15, -0.1) is 0 Å². The molecule has 0 atom stereocenters. The minimum absolute atomic E-state index is 0.552. The van der Waals surface area contributed by atoms with Crippen molar-refractivity contribution in [3.63, 3.8) is 0 Å². The molecular formula is C16H19NO2. The van der Waals surface area contributed by atoms with E-state index in [0.717, 1.165) is 28.2 Å². The monoisotopic (exact) mass is 257 g/mol. The Hall–Kier alpha value is -2.00. The van der Waals surface area contributed by atoms with E-state index in [1.807, 2.05) is 24.3 Å². The van der Waals surface area contributed by atoms with Gasteiger partial charge < -0.3 is 15.2 Å². The Kier molecular flexibility index (Phi) is 4.07. The third-order valence-corrected chi connectivity index (χ3v) is 3.22. The van der Waals surface area contributed by atoms with Crippen LogP contribution in [0.4, 0.5) is 0 Å². The standard InChI is InChI=1S/C16H19NO2/c1-11-9-12(10-17)7-8-13(11)14-5-4-6-15(18-2)16(14)19-3/h4-9H,10,17H2,1-3H3. The first-order valence-corrected chi connectivity index (χ1v) is 6.22. The van der Waals surface area contributed by atoms with Crippen molar-refractivity contribution in [3.05, 3.63) is 47.5 Å². The molecule has 0 saturated carbocycles. The molecule has 2 aromatic rings. The third kappa shape index (κ3) is 2.56. The van der Waals surface area contributed by atoms with Crippen molar-refractivity contribution in [3.8, 4) is 22.6 Å². The predicted molar refractivity (Wildman–Crippen MR) is 77.6 cm³/mol. The van der Waals surface area contributed by atoms with Crippen LogP contribution in [0.2, 0.25) is 0 Å². The van der Waals surface area contributed by atoms with Crippen LogP contribution in [0.25, 0.3) is 11.1 Å². The molecule has 0 aliphatic rings. The van der Waals surface area contributed by atoms with Gasteiger partial charge in [0, 0.05) is 12.1 Å². The Labute approximate surface area is 114 Å². The lowest BCUT2D eigenvalue weighted by Crippen LogP contribution is -1.98. The van der Waals surface area contributed by atoms with Gasteiger partial charge in [-0.05, 0) is 29.7 Å². The number of nitrogens with two attached hydrogens (primary N) is 1. The highest BCUT2D eigenvalue weighted by molar-refractivity contribution is 5.76. The van der Waals surface area contributed by atoms with Gasteiger partial charge in [0.15, 0.2) is 11.5 Å². The van der Waals surface area contributed by atoms with Crippen LogP contribution in [-0.2, 0) is 6.54 Å². The van der Waals surface area contributed by atoms with Gasteiger partial charge in [-0.3, -0.25) is 0 Å². The molecule has 2 aromatic carbocycles. The molecule has 0 heterocycles. The lowest BCUT2D eigenvalue weighted by Gasteiger charge is -2.14. The smallest absolute Gasteiger partial charge is 0.168 e. The molecule has 3 nitrogen and oxygen atoms in total. The zero-order chi connectivity index (χ0) is 13.8. The van der Waals surface area contributed by atoms with Crippen LogP contribution in [0, 0.1) is 6.92 Å². The van der Waals surface area contributed by atoms with Crippen molar-refractivity contribution >= 4 is 0 Å². The number of para-hydroxylation sites is 1. The minimum atomic E-state index is 0.552. The summed E-state index contributed by atoms with van der Waals surface area (Å²) in [6.45, 7) is 2.63. The van der Waals surface area contributed by atoms with Crippen molar-refractivity contribution in [1.29, 1.82) is 0 Å². The summed E-state index contributed by atoms with van der Waals surface area (Å²) in [5.41, 5.74) is 10.1. The SMILES string of the molecule is COc1cccc(-c2ccc(CN)cc2C)c1OC. The van der Waals surface area contributed by atoms with Crippen LogP contribution >= 0.6 is 0 Å². The van der Waals surface area contributed by atoms with E-state index < -0.39 is 0 Å². The first-order chi connectivity index (χ1) is 9.21. The van der Waals surface area contributed by atoms with E-state index in [0.29, 0.717) is 6.54 Å². The molecule has 2 N–H and O–H groups in total. The van der Waals surface area contributed by atoms with Crippen LogP contribution < -0.4 is 15.2 Å². The van der Waals surface area contributed by atoms with Gasteiger partial charge in [0.2, 0.25) is 0 Å². The summed E-state index contributed by atoms with van der Waals surface area (Å²) < 4.78 is 10.8. The Balaban J connectivity index is 2.58. The number of rotatable bonds is 4. The highest BCUT2D eigenvalue weighted by Gasteiger charge is 2.13. The lowest BCUT2D eigenvalue weighted by atomic mass is 9.97. The summed E-state index contributed by atoms with van der Waals surface area (Å²) in [6, 6.07) is 12.1. The van der Waals surface area contributed by atoms with E-state index in [1.54, 1.807) is 14.2 Å².